The summed E-state index contributed by atoms with van der Waals surface area (Å²) < 4.78 is 1.13. The third-order valence-electron chi connectivity index (χ3n) is 3.35. The Morgan fingerprint density at radius 3 is 2.52 bits per heavy atom. The lowest BCUT2D eigenvalue weighted by atomic mass is 10.00. The van der Waals surface area contributed by atoms with Crippen LogP contribution in [0.25, 0.3) is 0 Å². The second kappa shape index (κ2) is 7.20. The number of carboxylic acids is 1. The Balaban J connectivity index is 1.95. The molecule has 0 aliphatic carbocycles. The Kier molecular flexibility index (Phi) is 5.56. The van der Waals surface area contributed by atoms with E-state index in [0.717, 1.165) is 23.1 Å². The maximum atomic E-state index is 11.0. The zero-order chi connectivity index (χ0) is 15.4. The van der Waals surface area contributed by atoms with Crippen LogP contribution in [0, 0.1) is 0 Å². The molecule has 21 heavy (non-hydrogen) atoms. The van der Waals surface area contributed by atoms with E-state index >= 15 is 0 Å². The molecule has 5 heteroatoms. The van der Waals surface area contributed by atoms with Crippen molar-refractivity contribution < 1.29 is 9.90 Å². The molecule has 0 fully saturated rings. The first-order valence-corrected chi connectivity index (χ1v) is 8.36. The molecule has 0 saturated carbocycles. The van der Waals surface area contributed by atoms with E-state index in [0.29, 0.717) is 0 Å². The largest absolute Gasteiger partial charge is 0.481 e. The Labute approximate surface area is 137 Å². The molecule has 112 valence electrons. The molecule has 1 heterocycles. The minimum atomic E-state index is -0.789. The smallest absolute Gasteiger partial charge is 0.310 e. The summed E-state index contributed by atoms with van der Waals surface area (Å²) >= 11 is 5.21. The summed E-state index contributed by atoms with van der Waals surface area (Å²) in [5.74, 6) is -1.25. The van der Waals surface area contributed by atoms with Crippen molar-refractivity contribution in [3.8, 4) is 0 Å². The minimum Gasteiger partial charge on any atom is -0.481 e. The third kappa shape index (κ3) is 4.66. The fourth-order valence-electron chi connectivity index (χ4n) is 2.12. The number of hydrogen-bond acceptors (Lipinski definition) is 3. The fourth-order valence-corrected chi connectivity index (χ4v) is 3.65. The highest BCUT2D eigenvalue weighted by Crippen LogP contribution is 2.22. The van der Waals surface area contributed by atoms with Gasteiger partial charge in [-0.2, -0.15) is 0 Å². The lowest BCUT2D eigenvalue weighted by Crippen LogP contribution is -2.16. The Morgan fingerprint density at radius 1 is 1.33 bits per heavy atom. The first-order chi connectivity index (χ1) is 9.95. The number of carbonyl (C=O) groups is 1. The van der Waals surface area contributed by atoms with Gasteiger partial charge in [0.15, 0.2) is 0 Å². The number of carboxylic acid groups (broad SMARTS) is 1. The number of rotatable bonds is 6. The molecule has 2 aromatic rings. The van der Waals surface area contributed by atoms with Crippen LogP contribution in [-0.2, 0) is 17.9 Å². The third-order valence-corrected chi connectivity index (χ3v) is 5.03. The molecule has 2 rings (SSSR count). The Morgan fingerprint density at radius 2 is 2.00 bits per heavy atom. The van der Waals surface area contributed by atoms with Gasteiger partial charge in [0, 0.05) is 27.8 Å². The summed E-state index contributed by atoms with van der Waals surface area (Å²) in [7, 11) is 2.08. The number of halogens is 1. The molecule has 1 atom stereocenters. The molecule has 3 nitrogen and oxygen atoms in total. The van der Waals surface area contributed by atoms with Crippen LogP contribution in [0.2, 0.25) is 0 Å². The summed E-state index contributed by atoms with van der Waals surface area (Å²) in [5, 5.41) is 11.1. The van der Waals surface area contributed by atoms with Crippen molar-refractivity contribution >= 4 is 33.2 Å². The number of aliphatic carboxylic acids is 1. The molecular weight excluding hydrogens is 350 g/mol. The van der Waals surface area contributed by atoms with Crippen LogP contribution in [0.4, 0.5) is 0 Å². The number of benzene rings is 1. The van der Waals surface area contributed by atoms with E-state index in [2.05, 4.69) is 39.3 Å². The van der Waals surface area contributed by atoms with Crippen molar-refractivity contribution in [2.24, 2.45) is 0 Å². The molecule has 1 unspecified atom stereocenters. The van der Waals surface area contributed by atoms with Gasteiger partial charge in [-0.3, -0.25) is 9.69 Å². The molecule has 1 aromatic heterocycles. The van der Waals surface area contributed by atoms with E-state index in [9.17, 15) is 4.79 Å². The van der Waals surface area contributed by atoms with Gasteiger partial charge >= 0.3 is 5.97 Å². The van der Waals surface area contributed by atoms with Crippen LogP contribution in [0.5, 0.6) is 0 Å². The van der Waals surface area contributed by atoms with E-state index in [-0.39, 0.29) is 0 Å². The average molecular weight is 368 g/mol. The highest BCUT2D eigenvalue weighted by molar-refractivity contribution is 9.10. The molecule has 0 radical (unpaired) electrons. The second-order valence-electron chi connectivity index (χ2n) is 5.21. The molecule has 0 aliphatic rings. The maximum absolute atomic E-state index is 11.0. The van der Waals surface area contributed by atoms with Gasteiger partial charge in [-0.1, -0.05) is 24.3 Å². The van der Waals surface area contributed by atoms with Gasteiger partial charge in [0.1, 0.15) is 0 Å². The summed E-state index contributed by atoms with van der Waals surface area (Å²) in [4.78, 5) is 14.5. The molecule has 0 aliphatic heterocycles. The van der Waals surface area contributed by atoms with Gasteiger partial charge in [0.05, 0.1) is 5.92 Å². The lowest BCUT2D eigenvalue weighted by Gasteiger charge is -2.16. The van der Waals surface area contributed by atoms with Gasteiger partial charge in [-0.15, -0.1) is 11.3 Å². The van der Waals surface area contributed by atoms with Crippen LogP contribution in [0.3, 0.4) is 0 Å². The first kappa shape index (κ1) is 16.2. The Hall–Kier alpha value is -1.17. The predicted molar refractivity (Wildman–Crippen MR) is 89.7 cm³/mol. The summed E-state index contributed by atoms with van der Waals surface area (Å²) in [6, 6.07) is 9.97. The van der Waals surface area contributed by atoms with E-state index in [1.54, 1.807) is 18.3 Å². The van der Waals surface area contributed by atoms with Gasteiger partial charge in [-0.05, 0) is 47.1 Å². The predicted octanol–water partition coefficient (Wildman–Crippen LogP) is 4.33. The quantitative estimate of drug-likeness (QED) is 0.825. The second-order valence-corrected chi connectivity index (χ2v) is 7.12. The van der Waals surface area contributed by atoms with Gasteiger partial charge in [0.25, 0.3) is 0 Å². The standard InChI is InChI=1S/C16H18BrNO2S/c1-11(16(19)20)13-5-3-12(4-6-13)8-18(2)9-15-7-14(17)10-21-15/h3-7,10-11H,8-9H2,1-2H3,(H,19,20). The summed E-state index contributed by atoms with van der Waals surface area (Å²) in [6.45, 7) is 3.46. The zero-order valence-corrected chi connectivity index (χ0v) is 14.4. The molecule has 0 saturated heterocycles. The van der Waals surface area contributed by atoms with E-state index in [4.69, 9.17) is 5.11 Å². The SMILES string of the molecule is CC(C(=O)O)c1ccc(CN(C)Cc2cc(Br)cs2)cc1. The molecule has 0 spiro atoms. The molecule has 0 amide bonds. The van der Waals surface area contributed by atoms with Crippen LogP contribution in [-0.4, -0.2) is 23.0 Å². The van der Waals surface area contributed by atoms with Crippen molar-refractivity contribution in [2.45, 2.75) is 25.9 Å². The van der Waals surface area contributed by atoms with Crippen LogP contribution in [0.15, 0.2) is 40.2 Å². The van der Waals surface area contributed by atoms with E-state index < -0.39 is 11.9 Å². The molecule has 1 aromatic carbocycles. The molecule has 1 N–H and O–H groups in total. The first-order valence-electron chi connectivity index (χ1n) is 6.69. The van der Waals surface area contributed by atoms with Crippen molar-refractivity contribution in [2.75, 3.05) is 7.05 Å². The highest BCUT2D eigenvalue weighted by atomic mass is 79.9. The van der Waals surface area contributed by atoms with Crippen molar-refractivity contribution in [1.82, 2.24) is 4.90 Å². The topological polar surface area (TPSA) is 40.5 Å². The minimum absolute atomic E-state index is 0.458. The van der Waals surface area contributed by atoms with Crippen molar-refractivity contribution in [3.05, 3.63) is 56.2 Å². The summed E-state index contributed by atoms with van der Waals surface area (Å²) in [6.07, 6.45) is 0. The number of thiophene rings is 1. The van der Waals surface area contributed by atoms with Gasteiger partial charge < -0.3 is 5.11 Å². The number of nitrogens with zero attached hydrogens (tertiary/aromatic N) is 1. The maximum Gasteiger partial charge on any atom is 0.310 e. The van der Waals surface area contributed by atoms with Crippen LogP contribution < -0.4 is 0 Å². The monoisotopic (exact) mass is 367 g/mol. The van der Waals surface area contributed by atoms with E-state index in [1.807, 2.05) is 24.3 Å². The summed E-state index contributed by atoms with van der Waals surface area (Å²) in [5.41, 5.74) is 2.03. The van der Waals surface area contributed by atoms with Crippen LogP contribution in [0.1, 0.15) is 28.8 Å². The number of hydrogen-bond donors (Lipinski definition) is 1. The van der Waals surface area contributed by atoms with Gasteiger partial charge in [-0.25, -0.2) is 0 Å². The zero-order valence-electron chi connectivity index (χ0n) is 12.0. The van der Waals surface area contributed by atoms with Crippen molar-refractivity contribution in [3.63, 3.8) is 0 Å². The highest BCUT2D eigenvalue weighted by Gasteiger charge is 2.13. The van der Waals surface area contributed by atoms with Gasteiger partial charge in [0.2, 0.25) is 0 Å². The molecular formula is C16H18BrNO2S. The fraction of sp³-hybridized carbons (Fsp3) is 0.312. The average Bonchev–Trinajstić information content (AvgIpc) is 2.83. The van der Waals surface area contributed by atoms with Crippen LogP contribution >= 0.6 is 27.3 Å². The molecule has 0 bridgehead atoms. The Bertz CT molecular complexity index is 609. The lowest BCUT2D eigenvalue weighted by molar-refractivity contribution is -0.138. The van der Waals surface area contributed by atoms with Crippen molar-refractivity contribution in [1.29, 1.82) is 0 Å². The normalized spacial score (nSPS) is 12.6. The van der Waals surface area contributed by atoms with E-state index in [1.165, 1.54) is 10.4 Å².